The van der Waals surface area contributed by atoms with Crippen LogP contribution in [0.2, 0.25) is 0 Å². The zero-order valence-electron chi connectivity index (χ0n) is 15.6. The maximum Gasteiger partial charge on any atom is 0.264 e. The Morgan fingerprint density at radius 1 is 0.852 bits per heavy atom. The molecule has 3 aromatic carbocycles. The molecule has 5 heteroatoms. The van der Waals surface area contributed by atoms with Crippen LogP contribution >= 0.6 is 0 Å². The summed E-state index contributed by atoms with van der Waals surface area (Å²) in [7, 11) is -3.96. The molecule has 0 radical (unpaired) electrons. The van der Waals surface area contributed by atoms with Crippen LogP contribution in [-0.2, 0) is 10.0 Å². The molecule has 0 heterocycles. The number of benzene rings is 3. The lowest BCUT2D eigenvalue weighted by atomic mass is 10.1. The predicted octanol–water partition coefficient (Wildman–Crippen LogP) is 5.40. The fraction of sp³-hybridized carbons (Fsp3) is 0.182. The molecule has 0 amide bonds. The number of nitrogens with zero attached hydrogens (tertiary/aromatic N) is 1. The summed E-state index contributed by atoms with van der Waals surface area (Å²) >= 11 is 0. The van der Waals surface area contributed by atoms with E-state index in [-0.39, 0.29) is 4.90 Å². The molecule has 0 aliphatic heterocycles. The molecule has 0 fully saturated rings. The number of hydrogen-bond donors (Lipinski definition) is 0. The Hall–Kier alpha value is -2.66. The minimum absolute atomic E-state index is 0.0667. The molecular weight excluding hydrogens is 361 g/mol. The van der Waals surface area contributed by atoms with Crippen molar-refractivity contribution in [2.45, 2.75) is 31.7 Å². The van der Waals surface area contributed by atoms with Gasteiger partial charge in [0, 0.05) is 0 Å². The van der Waals surface area contributed by atoms with Crippen molar-refractivity contribution in [1.82, 2.24) is 0 Å². The minimum Gasteiger partial charge on any atom is -0.259 e. The van der Waals surface area contributed by atoms with Gasteiger partial charge in [-0.05, 0) is 62.2 Å². The SMILES string of the molecule is Cc1ccc([C@H](C)N(c2cccc(C)c2)S(=O)(=O)c2cccc(F)c2)cc1. The Morgan fingerprint density at radius 3 is 2.15 bits per heavy atom. The average Bonchev–Trinajstić information content (AvgIpc) is 2.62. The van der Waals surface area contributed by atoms with Gasteiger partial charge in [-0.2, -0.15) is 0 Å². The molecule has 0 aromatic heterocycles. The molecule has 0 bridgehead atoms. The van der Waals surface area contributed by atoms with Crippen LogP contribution in [0.3, 0.4) is 0 Å². The lowest BCUT2D eigenvalue weighted by molar-refractivity contribution is 0.579. The number of sulfonamides is 1. The fourth-order valence-corrected chi connectivity index (χ4v) is 4.73. The average molecular weight is 383 g/mol. The maximum atomic E-state index is 13.7. The van der Waals surface area contributed by atoms with Crippen molar-refractivity contribution in [1.29, 1.82) is 0 Å². The van der Waals surface area contributed by atoms with Crippen molar-refractivity contribution >= 4 is 15.7 Å². The number of rotatable bonds is 5. The summed E-state index contributed by atoms with van der Waals surface area (Å²) in [5.41, 5.74) is 3.46. The van der Waals surface area contributed by atoms with Crippen molar-refractivity contribution in [3.63, 3.8) is 0 Å². The first-order valence-electron chi connectivity index (χ1n) is 8.72. The summed E-state index contributed by atoms with van der Waals surface area (Å²) in [6.45, 7) is 5.73. The molecule has 27 heavy (non-hydrogen) atoms. The third kappa shape index (κ3) is 4.03. The first-order chi connectivity index (χ1) is 12.8. The van der Waals surface area contributed by atoms with Crippen LogP contribution in [0.15, 0.2) is 77.7 Å². The van der Waals surface area contributed by atoms with Crippen molar-refractivity contribution in [2.75, 3.05) is 4.31 Å². The second-order valence-corrected chi connectivity index (χ2v) is 8.50. The standard InChI is InChI=1S/C22H22FNO2S/c1-16-10-12-19(13-11-16)18(3)24(21-8-4-6-17(2)14-21)27(25,26)22-9-5-7-20(23)15-22/h4-15,18H,1-3H3/t18-/m0/s1. The molecule has 3 nitrogen and oxygen atoms in total. The molecule has 3 aromatic rings. The predicted molar refractivity (Wildman–Crippen MR) is 107 cm³/mol. The number of anilines is 1. The van der Waals surface area contributed by atoms with E-state index in [1.807, 2.05) is 63.2 Å². The highest BCUT2D eigenvalue weighted by molar-refractivity contribution is 7.92. The Balaban J connectivity index is 2.17. The Kier molecular flexibility index (Phi) is 5.33. The van der Waals surface area contributed by atoms with Crippen LogP contribution in [0.4, 0.5) is 10.1 Å². The largest absolute Gasteiger partial charge is 0.264 e. The van der Waals surface area contributed by atoms with Gasteiger partial charge in [-0.15, -0.1) is 0 Å². The second kappa shape index (κ2) is 7.53. The molecule has 0 spiro atoms. The topological polar surface area (TPSA) is 37.4 Å². The molecule has 0 saturated carbocycles. The van der Waals surface area contributed by atoms with E-state index in [4.69, 9.17) is 0 Å². The quantitative estimate of drug-likeness (QED) is 0.592. The fourth-order valence-electron chi connectivity index (χ4n) is 3.06. The lowest BCUT2D eigenvalue weighted by Crippen LogP contribution is -2.33. The third-order valence-corrected chi connectivity index (χ3v) is 6.42. The highest BCUT2D eigenvalue weighted by Gasteiger charge is 2.30. The van der Waals surface area contributed by atoms with Crippen molar-refractivity contribution < 1.29 is 12.8 Å². The zero-order chi connectivity index (χ0) is 19.6. The molecule has 0 N–H and O–H groups in total. The Labute approximate surface area is 160 Å². The summed E-state index contributed by atoms with van der Waals surface area (Å²) in [5, 5.41) is 0. The number of aryl methyl sites for hydroxylation is 2. The van der Waals surface area contributed by atoms with Crippen LogP contribution in [0, 0.1) is 19.7 Å². The zero-order valence-corrected chi connectivity index (χ0v) is 16.4. The molecule has 0 unspecified atom stereocenters. The van der Waals surface area contributed by atoms with Gasteiger partial charge in [0.25, 0.3) is 10.0 Å². The van der Waals surface area contributed by atoms with E-state index < -0.39 is 21.9 Å². The number of hydrogen-bond acceptors (Lipinski definition) is 2. The van der Waals surface area contributed by atoms with Gasteiger partial charge in [0.05, 0.1) is 16.6 Å². The van der Waals surface area contributed by atoms with Crippen molar-refractivity contribution in [3.05, 3.63) is 95.3 Å². The molecule has 0 saturated heterocycles. The van der Waals surface area contributed by atoms with Gasteiger partial charge >= 0.3 is 0 Å². The normalized spacial score (nSPS) is 12.6. The van der Waals surface area contributed by atoms with Crippen molar-refractivity contribution in [2.24, 2.45) is 0 Å². The highest BCUT2D eigenvalue weighted by atomic mass is 32.2. The van der Waals surface area contributed by atoms with Gasteiger partial charge < -0.3 is 0 Å². The summed E-state index contributed by atoms with van der Waals surface area (Å²) in [6, 6.07) is 19.7. The van der Waals surface area contributed by atoms with E-state index >= 15 is 0 Å². The van der Waals surface area contributed by atoms with E-state index in [9.17, 15) is 12.8 Å². The molecule has 0 aliphatic carbocycles. The van der Waals surface area contributed by atoms with Crippen molar-refractivity contribution in [3.8, 4) is 0 Å². The Morgan fingerprint density at radius 2 is 1.52 bits per heavy atom. The monoisotopic (exact) mass is 383 g/mol. The van der Waals surface area contributed by atoms with Crippen LogP contribution in [-0.4, -0.2) is 8.42 Å². The van der Waals surface area contributed by atoms with Gasteiger partial charge in [-0.3, -0.25) is 4.31 Å². The minimum atomic E-state index is -3.96. The Bertz CT molecular complexity index is 1050. The van der Waals surface area contributed by atoms with Crippen LogP contribution in [0.5, 0.6) is 0 Å². The summed E-state index contributed by atoms with van der Waals surface area (Å²) in [4.78, 5) is -0.0667. The maximum absolute atomic E-state index is 13.7. The number of halogens is 1. The summed E-state index contributed by atoms with van der Waals surface area (Å²) in [5.74, 6) is -0.580. The van der Waals surface area contributed by atoms with Gasteiger partial charge in [0.1, 0.15) is 5.82 Å². The smallest absolute Gasteiger partial charge is 0.259 e. The molecule has 1 atom stereocenters. The van der Waals surface area contributed by atoms with Gasteiger partial charge in [0.15, 0.2) is 0 Å². The van der Waals surface area contributed by atoms with Gasteiger partial charge in [0.2, 0.25) is 0 Å². The van der Waals surface area contributed by atoms with E-state index in [0.29, 0.717) is 5.69 Å². The van der Waals surface area contributed by atoms with E-state index in [0.717, 1.165) is 22.8 Å². The second-order valence-electron chi connectivity index (χ2n) is 6.68. The third-order valence-electron chi connectivity index (χ3n) is 4.52. The van der Waals surface area contributed by atoms with E-state index in [1.54, 1.807) is 6.07 Å². The van der Waals surface area contributed by atoms with Crippen LogP contribution in [0.1, 0.15) is 29.7 Å². The lowest BCUT2D eigenvalue weighted by Gasteiger charge is -2.31. The highest BCUT2D eigenvalue weighted by Crippen LogP contribution is 2.34. The summed E-state index contributed by atoms with van der Waals surface area (Å²) < 4.78 is 41.9. The molecule has 140 valence electrons. The molecule has 3 rings (SSSR count). The van der Waals surface area contributed by atoms with Gasteiger partial charge in [-0.25, -0.2) is 12.8 Å². The van der Waals surface area contributed by atoms with Crippen LogP contribution in [0.25, 0.3) is 0 Å². The van der Waals surface area contributed by atoms with E-state index in [1.165, 1.54) is 22.5 Å². The summed E-state index contributed by atoms with van der Waals surface area (Å²) in [6.07, 6.45) is 0. The first kappa shape index (κ1) is 19.1. The first-order valence-corrected chi connectivity index (χ1v) is 10.2. The molecule has 0 aliphatic rings. The van der Waals surface area contributed by atoms with E-state index in [2.05, 4.69) is 0 Å². The molecular formula is C22H22FNO2S. The van der Waals surface area contributed by atoms with Gasteiger partial charge in [-0.1, -0.05) is 48.0 Å². The van der Waals surface area contributed by atoms with Crippen LogP contribution < -0.4 is 4.31 Å².